The number of aromatic nitrogens is 1. The van der Waals surface area contributed by atoms with Crippen LogP contribution in [0.15, 0.2) is 28.8 Å². The Morgan fingerprint density at radius 3 is 2.42 bits per heavy atom. The highest BCUT2D eigenvalue weighted by Gasteiger charge is 2.17. The van der Waals surface area contributed by atoms with Crippen LogP contribution in [0.1, 0.15) is 59.5 Å². The Morgan fingerprint density at radius 1 is 1.12 bits per heavy atom. The van der Waals surface area contributed by atoms with E-state index in [4.69, 9.17) is 4.52 Å². The Bertz CT molecular complexity index is 755. The molecule has 0 atom stereocenters. The molecule has 0 radical (unpaired) electrons. The number of hydrogen-bond acceptors (Lipinski definition) is 4. The minimum Gasteiger partial charge on any atom is -0.361 e. The first-order valence-electron chi connectivity index (χ1n) is 9.15. The van der Waals surface area contributed by atoms with Crippen molar-refractivity contribution in [3.05, 3.63) is 46.8 Å². The molecule has 26 heavy (non-hydrogen) atoms. The molecule has 1 aliphatic carbocycles. The molecule has 0 aliphatic heterocycles. The predicted molar refractivity (Wildman–Crippen MR) is 99.1 cm³/mol. The van der Waals surface area contributed by atoms with Crippen LogP contribution in [0.5, 0.6) is 0 Å². The molecule has 6 heteroatoms. The van der Waals surface area contributed by atoms with Gasteiger partial charge in [-0.2, -0.15) is 0 Å². The molecule has 0 bridgehead atoms. The topological polar surface area (TPSA) is 84.2 Å². The van der Waals surface area contributed by atoms with Crippen LogP contribution < -0.4 is 10.6 Å². The van der Waals surface area contributed by atoms with Crippen molar-refractivity contribution >= 4 is 17.5 Å². The highest BCUT2D eigenvalue weighted by molar-refractivity contribution is 5.96. The third kappa shape index (κ3) is 4.50. The van der Waals surface area contributed by atoms with E-state index in [9.17, 15) is 9.59 Å². The van der Waals surface area contributed by atoms with Gasteiger partial charge in [0.15, 0.2) is 0 Å². The van der Waals surface area contributed by atoms with Gasteiger partial charge in [0.25, 0.3) is 5.91 Å². The molecule has 2 aromatic rings. The molecule has 1 aromatic heterocycles. The Balaban J connectivity index is 1.55. The van der Waals surface area contributed by atoms with E-state index in [0.717, 1.165) is 24.1 Å². The summed E-state index contributed by atoms with van der Waals surface area (Å²) in [7, 11) is 0. The van der Waals surface area contributed by atoms with E-state index >= 15 is 0 Å². The Morgan fingerprint density at radius 2 is 1.81 bits per heavy atom. The zero-order chi connectivity index (χ0) is 18.5. The molecule has 3 rings (SSSR count). The van der Waals surface area contributed by atoms with Gasteiger partial charge in [0.2, 0.25) is 5.91 Å². The minimum atomic E-state index is -0.140. The second kappa shape index (κ2) is 8.17. The number of aryl methyl sites for hydroxylation is 2. The first-order chi connectivity index (χ1) is 12.5. The smallest absolute Gasteiger partial charge is 0.251 e. The van der Waals surface area contributed by atoms with Crippen LogP contribution in [-0.4, -0.2) is 23.0 Å². The van der Waals surface area contributed by atoms with E-state index in [1.54, 1.807) is 31.2 Å². The normalized spacial score (nSPS) is 14.8. The Labute approximate surface area is 153 Å². The average molecular weight is 355 g/mol. The van der Waals surface area contributed by atoms with Crippen molar-refractivity contribution in [1.29, 1.82) is 0 Å². The standard InChI is InChI=1S/C20H25N3O3/c1-13-18(14(2)26-23-13)12-19(24)21-17-10-8-15(9-11-17)20(25)22-16-6-4-3-5-7-16/h8-11,16H,3-7,12H2,1-2H3,(H,21,24)(H,22,25). The molecule has 2 N–H and O–H groups in total. The van der Waals surface area contributed by atoms with Crippen molar-refractivity contribution in [1.82, 2.24) is 10.5 Å². The quantitative estimate of drug-likeness (QED) is 0.859. The lowest BCUT2D eigenvalue weighted by Gasteiger charge is -2.22. The van der Waals surface area contributed by atoms with E-state index in [1.807, 2.05) is 6.92 Å². The summed E-state index contributed by atoms with van der Waals surface area (Å²) in [6.07, 6.45) is 5.95. The van der Waals surface area contributed by atoms with Crippen molar-refractivity contribution in [2.75, 3.05) is 5.32 Å². The molecule has 6 nitrogen and oxygen atoms in total. The van der Waals surface area contributed by atoms with Crippen LogP contribution in [0.4, 0.5) is 5.69 Å². The monoisotopic (exact) mass is 355 g/mol. The van der Waals surface area contributed by atoms with Gasteiger partial charge in [-0.15, -0.1) is 0 Å². The molecule has 1 saturated carbocycles. The van der Waals surface area contributed by atoms with E-state index in [-0.39, 0.29) is 24.3 Å². The van der Waals surface area contributed by atoms with Gasteiger partial charge in [-0.3, -0.25) is 9.59 Å². The number of anilines is 1. The Hall–Kier alpha value is -2.63. The van der Waals surface area contributed by atoms with Gasteiger partial charge in [0.1, 0.15) is 5.76 Å². The highest BCUT2D eigenvalue weighted by atomic mass is 16.5. The van der Waals surface area contributed by atoms with Crippen LogP contribution in [0.3, 0.4) is 0 Å². The summed E-state index contributed by atoms with van der Waals surface area (Å²) >= 11 is 0. The molecule has 0 saturated heterocycles. The fourth-order valence-electron chi connectivity index (χ4n) is 3.34. The largest absolute Gasteiger partial charge is 0.361 e. The van der Waals surface area contributed by atoms with Gasteiger partial charge in [-0.05, 0) is 51.0 Å². The van der Waals surface area contributed by atoms with Crippen molar-refractivity contribution < 1.29 is 14.1 Å². The van der Waals surface area contributed by atoms with Gasteiger partial charge >= 0.3 is 0 Å². The summed E-state index contributed by atoms with van der Waals surface area (Å²) in [5.74, 6) is 0.469. The Kier molecular flexibility index (Phi) is 5.71. The van der Waals surface area contributed by atoms with Gasteiger partial charge < -0.3 is 15.2 Å². The average Bonchev–Trinajstić information content (AvgIpc) is 2.95. The fourth-order valence-corrected chi connectivity index (χ4v) is 3.34. The number of nitrogens with one attached hydrogen (secondary N) is 2. The van der Waals surface area contributed by atoms with Crippen molar-refractivity contribution in [2.45, 2.75) is 58.4 Å². The van der Waals surface area contributed by atoms with Crippen LogP contribution in [0.2, 0.25) is 0 Å². The summed E-state index contributed by atoms with van der Waals surface area (Å²) in [5, 5.41) is 9.79. The molecule has 1 fully saturated rings. The number of hydrogen-bond donors (Lipinski definition) is 2. The first kappa shape index (κ1) is 18.2. The second-order valence-corrected chi connectivity index (χ2v) is 6.91. The van der Waals surface area contributed by atoms with Gasteiger partial charge in [-0.25, -0.2) is 0 Å². The van der Waals surface area contributed by atoms with Crippen molar-refractivity contribution in [3.63, 3.8) is 0 Å². The van der Waals surface area contributed by atoms with Gasteiger partial charge in [0.05, 0.1) is 12.1 Å². The third-order valence-corrected chi connectivity index (χ3v) is 4.89. The number of benzene rings is 1. The molecular formula is C20H25N3O3. The second-order valence-electron chi connectivity index (χ2n) is 6.91. The maximum atomic E-state index is 12.3. The number of amides is 2. The lowest BCUT2D eigenvalue weighted by Crippen LogP contribution is -2.36. The molecule has 0 unspecified atom stereocenters. The van der Waals surface area contributed by atoms with Crippen LogP contribution >= 0.6 is 0 Å². The van der Waals surface area contributed by atoms with Crippen LogP contribution in [0, 0.1) is 13.8 Å². The maximum Gasteiger partial charge on any atom is 0.251 e. The highest BCUT2D eigenvalue weighted by Crippen LogP contribution is 2.18. The van der Waals surface area contributed by atoms with E-state index in [1.165, 1.54) is 19.3 Å². The number of carbonyl (C=O) groups excluding carboxylic acids is 2. The summed E-state index contributed by atoms with van der Waals surface area (Å²) < 4.78 is 5.08. The molecule has 1 heterocycles. The van der Waals surface area contributed by atoms with E-state index in [2.05, 4.69) is 15.8 Å². The zero-order valence-corrected chi connectivity index (χ0v) is 15.3. The molecule has 1 aliphatic rings. The molecule has 0 spiro atoms. The number of carbonyl (C=O) groups is 2. The lowest BCUT2D eigenvalue weighted by atomic mass is 9.95. The molecular weight excluding hydrogens is 330 g/mol. The maximum absolute atomic E-state index is 12.3. The molecule has 138 valence electrons. The summed E-state index contributed by atoms with van der Waals surface area (Å²) in [5.41, 5.74) is 2.81. The molecule has 2 amide bonds. The fraction of sp³-hybridized carbons (Fsp3) is 0.450. The summed E-state index contributed by atoms with van der Waals surface area (Å²) in [6, 6.07) is 7.26. The first-order valence-corrected chi connectivity index (χ1v) is 9.15. The van der Waals surface area contributed by atoms with Crippen molar-refractivity contribution in [2.24, 2.45) is 0 Å². The van der Waals surface area contributed by atoms with E-state index < -0.39 is 0 Å². The van der Waals surface area contributed by atoms with Crippen LogP contribution in [-0.2, 0) is 11.2 Å². The SMILES string of the molecule is Cc1noc(C)c1CC(=O)Nc1ccc(C(=O)NC2CCCCC2)cc1. The number of rotatable bonds is 5. The number of nitrogens with zero attached hydrogens (tertiary/aromatic N) is 1. The summed E-state index contributed by atoms with van der Waals surface area (Å²) in [4.78, 5) is 24.5. The predicted octanol–water partition coefficient (Wildman–Crippen LogP) is 3.54. The summed E-state index contributed by atoms with van der Waals surface area (Å²) in [6.45, 7) is 3.61. The van der Waals surface area contributed by atoms with Gasteiger partial charge in [0, 0.05) is 22.9 Å². The molecule has 1 aromatic carbocycles. The van der Waals surface area contributed by atoms with Crippen molar-refractivity contribution in [3.8, 4) is 0 Å². The minimum absolute atomic E-state index is 0.0505. The third-order valence-electron chi connectivity index (χ3n) is 4.89. The zero-order valence-electron chi connectivity index (χ0n) is 15.3. The van der Waals surface area contributed by atoms with Crippen LogP contribution in [0.25, 0.3) is 0 Å². The van der Waals surface area contributed by atoms with Gasteiger partial charge in [-0.1, -0.05) is 24.4 Å². The lowest BCUT2D eigenvalue weighted by molar-refractivity contribution is -0.115. The van der Waals surface area contributed by atoms with E-state index in [0.29, 0.717) is 17.0 Å².